The van der Waals surface area contributed by atoms with Gasteiger partial charge in [0.25, 0.3) is 10.1 Å². The average Bonchev–Trinajstić information content (AvgIpc) is 3.81. The van der Waals surface area contributed by atoms with Crippen LogP contribution in [0.3, 0.4) is 0 Å². The predicted molar refractivity (Wildman–Crippen MR) is 259 cm³/mol. The van der Waals surface area contributed by atoms with Crippen molar-refractivity contribution in [3.05, 3.63) is 131 Å². The maximum absolute atomic E-state index is 13.9. The molecule has 0 saturated carbocycles. The van der Waals surface area contributed by atoms with E-state index in [0.29, 0.717) is 31.6 Å². The molecule has 0 unspecified atom stereocenters. The van der Waals surface area contributed by atoms with Crippen LogP contribution in [0.1, 0.15) is 98.1 Å². The van der Waals surface area contributed by atoms with E-state index in [2.05, 4.69) is 138 Å². The molecule has 3 aliphatic rings. The van der Waals surface area contributed by atoms with Gasteiger partial charge in [-0.25, -0.2) is 10.1 Å². The summed E-state index contributed by atoms with van der Waals surface area (Å²) in [6.45, 7) is 16.0. The number of amides is 1. The quantitative estimate of drug-likeness (QED) is 0.0280. The molecule has 0 radical (unpaired) electrons. The van der Waals surface area contributed by atoms with E-state index in [-0.39, 0.29) is 11.2 Å². The minimum absolute atomic E-state index is 0.286. The topological polar surface area (TPSA) is 129 Å². The number of likely N-dealkylation sites (N-methyl/N-ethyl adjacent to an activating group) is 1. The summed E-state index contributed by atoms with van der Waals surface area (Å²) in [4.78, 5) is 18.0. The Morgan fingerprint density at radius 3 is 2.20 bits per heavy atom. The fourth-order valence-corrected chi connectivity index (χ4v) is 10.8. The molecule has 1 aliphatic carbocycles. The second-order valence-corrected chi connectivity index (χ2v) is 21.3. The van der Waals surface area contributed by atoms with Gasteiger partial charge in [-0.3, -0.25) is 9.45 Å². The summed E-state index contributed by atoms with van der Waals surface area (Å²) in [5.41, 5.74) is 8.39. The standard InChI is InChI=1S/C51H61N3O8S2/c1-49(2,3)60-48(55)52(8)47-37(25-29-43-50(4,5)45-39-19-11-9-17-35(39)23-27-41(45)53(43)31-13-15-33-63-62-61-56)21-22-38(47)26-30-44-51(6,7)46-40-20-12-10-18-36(40)24-28-42(46)54(44)32-14-16-34-64(57,58)59/h9-12,17-20,23-30H,13-16,21-22,31-34H2,1-8H3,(H-,56,57,58,59)/p+1. The van der Waals surface area contributed by atoms with Crippen molar-refractivity contribution < 1.29 is 41.7 Å². The highest BCUT2D eigenvalue weighted by atomic mass is 32.2. The normalized spacial score (nSPS) is 18.4. The lowest BCUT2D eigenvalue weighted by Gasteiger charge is -2.28. The number of rotatable bonds is 16. The molecular formula is C51H62N3O8S2+. The van der Waals surface area contributed by atoms with E-state index in [1.807, 2.05) is 26.8 Å². The van der Waals surface area contributed by atoms with Crippen LogP contribution in [-0.4, -0.2) is 76.8 Å². The first kappa shape index (κ1) is 47.2. The molecule has 340 valence electrons. The molecule has 2 aliphatic heterocycles. The number of unbranched alkanes of at least 4 members (excludes halogenated alkanes) is 2. The molecule has 0 bridgehead atoms. The van der Waals surface area contributed by atoms with Crippen LogP contribution < -0.4 is 4.90 Å². The van der Waals surface area contributed by atoms with Gasteiger partial charge in [-0.2, -0.15) is 13.0 Å². The third kappa shape index (κ3) is 9.90. The molecule has 0 aromatic heterocycles. The van der Waals surface area contributed by atoms with Crippen LogP contribution in [0, 0.1) is 0 Å². The second kappa shape index (κ2) is 19.0. The van der Waals surface area contributed by atoms with Gasteiger partial charge < -0.3 is 9.64 Å². The van der Waals surface area contributed by atoms with Gasteiger partial charge in [-0.15, -0.1) is 4.33 Å². The second-order valence-electron chi connectivity index (χ2n) is 19.0. The van der Waals surface area contributed by atoms with Crippen molar-refractivity contribution in [3.8, 4) is 0 Å². The minimum Gasteiger partial charge on any atom is -0.443 e. The Balaban J connectivity index is 1.31. The van der Waals surface area contributed by atoms with Crippen LogP contribution in [0.5, 0.6) is 0 Å². The molecule has 7 rings (SSSR count). The molecule has 2 heterocycles. The van der Waals surface area contributed by atoms with Gasteiger partial charge in [-0.1, -0.05) is 85.6 Å². The third-order valence-corrected chi connectivity index (χ3v) is 14.1. The van der Waals surface area contributed by atoms with Crippen LogP contribution in [0.2, 0.25) is 0 Å². The molecule has 2 N–H and O–H groups in total. The number of hydrogen-bond acceptors (Lipinski definition) is 9. The zero-order valence-corrected chi connectivity index (χ0v) is 39.9. The Morgan fingerprint density at radius 1 is 0.859 bits per heavy atom. The molecule has 64 heavy (non-hydrogen) atoms. The van der Waals surface area contributed by atoms with E-state index in [0.717, 1.165) is 77.2 Å². The Bertz CT molecular complexity index is 2710. The van der Waals surface area contributed by atoms with E-state index < -0.39 is 27.2 Å². The van der Waals surface area contributed by atoms with Crippen molar-refractivity contribution in [1.82, 2.24) is 4.90 Å². The van der Waals surface area contributed by atoms with Crippen molar-refractivity contribution >= 4 is 66.9 Å². The average molecular weight is 909 g/mol. The number of benzene rings is 4. The van der Waals surface area contributed by atoms with Crippen molar-refractivity contribution in [2.45, 2.75) is 103 Å². The van der Waals surface area contributed by atoms with Gasteiger partial charge in [0.2, 0.25) is 5.69 Å². The van der Waals surface area contributed by atoms with Gasteiger partial charge in [0.05, 0.1) is 16.9 Å². The van der Waals surface area contributed by atoms with Gasteiger partial charge in [-0.05, 0) is 123 Å². The zero-order valence-electron chi connectivity index (χ0n) is 38.3. The van der Waals surface area contributed by atoms with E-state index in [1.165, 1.54) is 33.0 Å². The smallest absolute Gasteiger partial charge is 0.414 e. The van der Waals surface area contributed by atoms with Gasteiger partial charge in [0.15, 0.2) is 5.71 Å². The maximum atomic E-state index is 13.9. The van der Waals surface area contributed by atoms with Crippen LogP contribution in [0.25, 0.3) is 21.5 Å². The number of fused-ring (bicyclic) bond motifs is 6. The number of carbonyl (C=O) groups excluding carboxylic acids is 1. The lowest BCUT2D eigenvalue weighted by molar-refractivity contribution is -0.438. The molecule has 4 aromatic carbocycles. The monoisotopic (exact) mass is 908 g/mol. The molecular weight excluding hydrogens is 847 g/mol. The molecule has 0 fully saturated rings. The number of nitrogens with zero attached hydrogens (tertiary/aromatic N) is 3. The summed E-state index contributed by atoms with van der Waals surface area (Å²) in [7, 11) is -2.28. The summed E-state index contributed by atoms with van der Waals surface area (Å²) >= 11 is 1.07. The molecule has 13 heteroatoms. The highest BCUT2D eigenvalue weighted by Crippen LogP contribution is 2.51. The summed E-state index contributed by atoms with van der Waals surface area (Å²) in [5, 5.41) is 17.1. The van der Waals surface area contributed by atoms with Crippen molar-refractivity contribution in [1.29, 1.82) is 0 Å². The Kier molecular flexibility index (Phi) is 14.0. The number of anilines is 1. The van der Waals surface area contributed by atoms with E-state index in [1.54, 1.807) is 11.9 Å². The largest absolute Gasteiger partial charge is 0.443 e. The van der Waals surface area contributed by atoms with Crippen molar-refractivity contribution in [2.75, 3.05) is 36.5 Å². The van der Waals surface area contributed by atoms with Crippen LogP contribution in [-0.2, 0) is 35.1 Å². The first-order chi connectivity index (χ1) is 30.3. The highest BCUT2D eigenvalue weighted by molar-refractivity contribution is 7.94. The Labute approximate surface area is 382 Å². The Hall–Kier alpha value is -4.76. The first-order valence-electron chi connectivity index (χ1n) is 22.1. The van der Waals surface area contributed by atoms with Gasteiger partial charge in [0, 0.05) is 72.3 Å². The Morgan fingerprint density at radius 2 is 1.53 bits per heavy atom. The fraction of sp³-hybridized carbons (Fsp3) is 0.412. The van der Waals surface area contributed by atoms with Crippen molar-refractivity contribution in [3.63, 3.8) is 0 Å². The number of hydrogen-bond donors (Lipinski definition) is 2. The van der Waals surface area contributed by atoms with Crippen LogP contribution in [0.15, 0.2) is 120 Å². The molecule has 0 saturated heterocycles. The number of carbonyl (C=O) groups is 1. The molecule has 0 atom stereocenters. The van der Waals surface area contributed by atoms with E-state index in [4.69, 9.17) is 9.99 Å². The predicted octanol–water partition coefficient (Wildman–Crippen LogP) is 12.0. The van der Waals surface area contributed by atoms with Gasteiger partial charge in [0.1, 0.15) is 12.1 Å². The summed E-state index contributed by atoms with van der Waals surface area (Å²) in [6.07, 6.45) is 12.4. The SMILES string of the molecule is CN(C(=O)OC(C)(C)C)C1=C(C=CC2=[N+](CCCCS(=O)(=O)O)c3ccc4ccccc4c3C2(C)C)CCC1=CC=C1N(CCCCSOOO)c2ccc3ccccc3c2C1(C)C. The minimum atomic E-state index is -4.07. The molecule has 11 nitrogen and oxygen atoms in total. The van der Waals surface area contributed by atoms with Crippen LogP contribution >= 0.6 is 12.0 Å². The maximum Gasteiger partial charge on any atom is 0.414 e. The number of allylic oxidation sites excluding steroid dienone is 7. The van der Waals surface area contributed by atoms with E-state index in [9.17, 15) is 17.8 Å². The number of ether oxygens (including phenoxy) is 1. The summed E-state index contributed by atoms with van der Waals surface area (Å²) in [5.74, 6) is 0.379. The zero-order chi connectivity index (χ0) is 46.0. The van der Waals surface area contributed by atoms with Crippen LogP contribution in [0.4, 0.5) is 16.2 Å². The lowest BCUT2D eigenvalue weighted by atomic mass is 9.79. The highest BCUT2D eigenvalue weighted by Gasteiger charge is 2.46. The lowest BCUT2D eigenvalue weighted by Crippen LogP contribution is -2.34. The fourth-order valence-electron chi connectivity index (χ4n) is 9.84. The molecule has 1 amide bonds. The van der Waals surface area contributed by atoms with Gasteiger partial charge >= 0.3 is 6.09 Å². The third-order valence-electron chi connectivity index (χ3n) is 12.6. The first-order valence-corrected chi connectivity index (χ1v) is 24.7. The molecule has 4 aromatic rings. The molecule has 0 spiro atoms. The van der Waals surface area contributed by atoms with E-state index >= 15 is 0 Å². The van der Waals surface area contributed by atoms with Crippen molar-refractivity contribution in [2.24, 2.45) is 0 Å². The summed E-state index contributed by atoms with van der Waals surface area (Å²) in [6, 6.07) is 25.6. The summed E-state index contributed by atoms with van der Waals surface area (Å²) < 4.78 is 45.6.